The molecule has 0 saturated carbocycles. The highest BCUT2D eigenvalue weighted by atomic mass is 35.5. The second-order valence-corrected chi connectivity index (χ2v) is 8.11. The molecule has 2 amide bonds. The lowest BCUT2D eigenvalue weighted by molar-refractivity contribution is -0.142. The molecule has 0 fully saturated rings. The van der Waals surface area contributed by atoms with Gasteiger partial charge < -0.3 is 15.0 Å². The predicted octanol–water partition coefficient (Wildman–Crippen LogP) is 4.67. The number of nitrogens with zero attached hydrogens (tertiary/aromatic N) is 1. The Morgan fingerprint density at radius 2 is 1.77 bits per heavy atom. The van der Waals surface area contributed by atoms with Crippen LogP contribution in [-0.2, 0) is 16.1 Å². The van der Waals surface area contributed by atoms with Crippen molar-refractivity contribution >= 4 is 23.4 Å². The molecule has 0 aliphatic carbocycles. The third-order valence-corrected chi connectivity index (χ3v) is 5.56. The average molecular weight is 431 g/mol. The van der Waals surface area contributed by atoms with Gasteiger partial charge >= 0.3 is 0 Å². The molecule has 0 aromatic heterocycles. The van der Waals surface area contributed by atoms with E-state index in [0.29, 0.717) is 17.3 Å². The quantitative estimate of drug-likeness (QED) is 0.629. The highest BCUT2D eigenvalue weighted by molar-refractivity contribution is 6.31. The predicted molar refractivity (Wildman–Crippen MR) is 121 cm³/mol. The summed E-state index contributed by atoms with van der Waals surface area (Å²) in [4.78, 5) is 27.3. The van der Waals surface area contributed by atoms with Crippen LogP contribution < -0.4 is 10.1 Å². The maximum Gasteiger partial charge on any atom is 0.261 e. The van der Waals surface area contributed by atoms with Crippen molar-refractivity contribution in [2.75, 3.05) is 6.61 Å². The van der Waals surface area contributed by atoms with E-state index < -0.39 is 6.04 Å². The van der Waals surface area contributed by atoms with E-state index in [1.54, 1.807) is 30.0 Å². The highest BCUT2D eigenvalue weighted by Crippen LogP contribution is 2.21. The van der Waals surface area contributed by atoms with Crippen LogP contribution in [0.2, 0.25) is 5.02 Å². The first kappa shape index (κ1) is 23.7. The molecule has 1 N–H and O–H groups in total. The van der Waals surface area contributed by atoms with Crippen LogP contribution >= 0.6 is 11.6 Å². The van der Waals surface area contributed by atoms with Crippen LogP contribution in [-0.4, -0.2) is 35.4 Å². The number of halogens is 1. The number of nitrogens with one attached hydrogen (secondary N) is 1. The smallest absolute Gasteiger partial charge is 0.261 e. The van der Waals surface area contributed by atoms with Crippen molar-refractivity contribution < 1.29 is 14.3 Å². The molecule has 0 aliphatic heterocycles. The molecule has 2 aromatic carbocycles. The Morgan fingerprint density at radius 1 is 1.10 bits per heavy atom. The number of amides is 2. The zero-order valence-corrected chi connectivity index (χ0v) is 19.1. The van der Waals surface area contributed by atoms with E-state index in [1.165, 1.54) is 0 Å². The summed E-state index contributed by atoms with van der Waals surface area (Å²) < 4.78 is 5.69. The third kappa shape index (κ3) is 6.77. The van der Waals surface area contributed by atoms with E-state index in [2.05, 4.69) is 5.32 Å². The summed E-state index contributed by atoms with van der Waals surface area (Å²) in [5.41, 5.74) is 2.97. The maximum absolute atomic E-state index is 13.0. The number of hydrogen-bond acceptors (Lipinski definition) is 3. The van der Waals surface area contributed by atoms with Crippen molar-refractivity contribution in [3.8, 4) is 5.75 Å². The van der Waals surface area contributed by atoms with Crippen LogP contribution in [0.1, 0.15) is 43.9 Å². The zero-order valence-electron chi connectivity index (χ0n) is 18.4. The van der Waals surface area contributed by atoms with Gasteiger partial charge in [-0.05, 0) is 63.4 Å². The lowest BCUT2D eigenvalue weighted by Gasteiger charge is -2.29. The van der Waals surface area contributed by atoms with E-state index in [-0.39, 0.29) is 24.5 Å². The van der Waals surface area contributed by atoms with Crippen LogP contribution in [0.15, 0.2) is 42.5 Å². The molecule has 6 heteroatoms. The Morgan fingerprint density at radius 3 is 2.37 bits per heavy atom. The molecule has 0 aliphatic rings. The van der Waals surface area contributed by atoms with Crippen LogP contribution in [0.3, 0.4) is 0 Å². The number of hydrogen-bond donors (Lipinski definition) is 1. The SMILES string of the molecule is CC[C@H](C)NC(=O)[C@@H](C)N(Cc1ccc(C)cc1)C(=O)COc1ccc(Cl)c(C)c1. The van der Waals surface area contributed by atoms with Gasteiger partial charge in [0.25, 0.3) is 5.91 Å². The molecule has 30 heavy (non-hydrogen) atoms. The second-order valence-electron chi connectivity index (χ2n) is 7.70. The van der Waals surface area contributed by atoms with E-state index in [1.807, 2.05) is 52.0 Å². The summed E-state index contributed by atoms with van der Waals surface area (Å²) in [7, 11) is 0. The van der Waals surface area contributed by atoms with Gasteiger partial charge in [-0.1, -0.05) is 48.4 Å². The first-order chi connectivity index (χ1) is 14.2. The average Bonchev–Trinajstić information content (AvgIpc) is 2.73. The summed E-state index contributed by atoms with van der Waals surface area (Å²) >= 11 is 6.05. The highest BCUT2D eigenvalue weighted by Gasteiger charge is 2.27. The van der Waals surface area contributed by atoms with Crippen molar-refractivity contribution in [2.24, 2.45) is 0 Å². The van der Waals surface area contributed by atoms with Gasteiger partial charge in [0, 0.05) is 17.6 Å². The van der Waals surface area contributed by atoms with Crippen molar-refractivity contribution in [3.05, 3.63) is 64.2 Å². The Bertz CT molecular complexity index is 867. The fraction of sp³-hybridized carbons (Fsp3) is 0.417. The van der Waals surface area contributed by atoms with Crippen molar-refractivity contribution in [1.82, 2.24) is 10.2 Å². The molecule has 0 bridgehead atoms. The minimum atomic E-state index is -0.622. The fourth-order valence-electron chi connectivity index (χ4n) is 2.87. The van der Waals surface area contributed by atoms with Gasteiger partial charge in [-0.25, -0.2) is 0 Å². The molecule has 2 aromatic rings. The minimum Gasteiger partial charge on any atom is -0.484 e. The number of aryl methyl sites for hydroxylation is 2. The number of benzene rings is 2. The molecule has 0 saturated heterocycles. The Balaban J connectivity index is 2.15. The molecular weight excluding hydrogens is 400 g/mol. The van der Waals surface area contributed by atoms with Crippen LogP contribution in [0.5, 0.6) is 5.75 Å². The van der Waals surface area contributed by atoms with Gasteiger partial charge in [0.15, 0.2) is 6.61 Å². The monoisotopic (exact) mass is 430 g/mol. The summed E-state index contributed by atoms with van der Waals surface area (Å²) in [6.45, 7) is 9.76. The van der Waals surface area contributed by atoms with Gasteiger partial charge in [0.2, 0.25) is 5.91 Å². The topological polar surface area (TPSA) is 58.6 Å². The molecule has 0 spiro atoms. The fourth-order valence-corrected chi connectivity index (χ4v) is 2.99. The molecule has 0 unspecified atom stereocenters. The van der Waals surface area contributed by atoms with Crippen molar-refractivity contribution in [1.29, 1.82) is 0 Å². The van der Waals surface area contributed by atoms with E-state index in [9.17, 15) is 9.59 Å². The molecule has 2 atom stereocenters. The Kier molecular flexibility index (Phi) is 8.72. The molecule has 2 rings (SSSR count). The van der Waals surface area contributed by atoms with Crippen molar-refractivity contribution in [3.63, 3.8) is 0 Å². The van der Waals surface area contributed by atoms with Crippen LogP contribution in [0.4, 0.5) is 0 Å². The van der Waals surface area contributed by atoms with Crippen LogP contribution in [0.25, 0.3) is 0 Å². The standard InChI is InChI=1S/C24H31ClN2O3/c1-6-18(4)26-24(29)19(5)27(14-20-9-7-16(2)8-10-20)23(28)15-30-21-11-12-22(25)17(3)13-21/h7-13,18-19H,6,14-15H2,1-5H3,(H,26,29)/t18-,19+/m0/s1. The van der Waals surface area contributed by atoms with E-state index >= 15 is 0 Å². The Labute approximate surface area is 184 Å². The van der Waals surface area contributed by atoms with Gasteiger partial charge in [-0.3, -0.25) is 9.59 Å². The van der Waals surface area contributed by atoms with Gasteiger partial charge in [-0.2, -0.15) is 0 Å². The number of rotatable bonds is 9. The first-order valence-corrected chi connectivity index (χ1v) is 10.6. The minimum absolute atomic E-state index is 0.0459. The summed E-state index contributed by atoms with van der Waals surface area (Å²) in [5, 5.41) is 3.60. The number of ether oxygens (including phenoxy) is 1. The normalized spacial score (nSPS) is 12.7. The van der Waals surface area contributed by atoms with Crippen molar-refractivity contribution in [2.45, 2.75) is 59.7 Å². The van der Waals surface area contributed by atoms with Gasteiger partial charge in [0.05, 0.1) is 0 Å². The first-order valence-electron chi connectivity index (χ1n) is 10.3. The molecule has 0 heterocycles. The molecule has 162 valence electrons. The summed E-state index contributed by atoms with van der Waals surface area (Å²) in [6.07, 6.45) is 0.823. The second kappa shape index (κ2) is 11.0. The lowest BCUT2D eigenvalue weighted by atomic mass is 10.1. The number of carbonyl (C=O) groups is 2. The third-order valence-electron chi connectivity index (χ3n) is 5.13. The van der Waals surface area contributed by atoms with E-state index in [4.69, 9.17) is 16.3 Å². The molecule has 5 nitrogen and oxygen atoms in total. The van der Waals surface area contributed by atoms with Gasteiger partial charge in [-0.15, -0.1) is 0 Å². The van der Waals surface area contributed by atoms with E-state index in [0.717, 1.165) is 23.1 Å². The zero-order chi connectivity index (χ0) is 22.3. The molecular formula is C24H31ClN2O3. The summed E-state index contributed by atoms with van der Waals surface area (Å²) in [5.74, 6) is 0.138. The van der Waals surface area contributed by atoms with Gasteiger partial charge in [0.1, 0.15) is 11.8 Å². The summed E-state index contributed by atoms with van der Waals surface area (Å²) in [6, 6.07) is 12.6. The largest absolute Gasteiger partial charge is 0.484 e. The number of carbonyl (C=O) groups excluding carboxylic acids is 2. The maximum atomic E-state index is 13.0. The lowest BCUT2D eigenvalue weighted by Crippen LogP contribution is -2.50. The molecule has 0 radical (unpaired) electrons. The van der Waals surface area contributed by atoms with Crippen LogP contribution in [0, 0.1) is 13.8 Å². The Hall–Kier alpha value is -2.53.